The molecule has 27 heavy (non-hydrogen) atoms. The maximum Gasteiger partial charge on any atom is 0.162 e. The van der Waals surface area contributed by atoms with E-state index in [1.54, 1.807) is 7.11 Å². The molecule has 0 aromatic carbocycles. The van der Waals surface area contributed by atoms with Crippen LogP contribution in [0.25, 0.3) is 0 Å². The van der Waals surface area contributed by atoms with Gasteiger partial charge < -0.3 is 10.1 Å². The van der Waals surface area contributed by atoms with Crippen molar-refractivity contribution in [1.29, 1.82) is 0 Å². The van der Waals surface area contributed by atoms with Gasteiger partial charge in [-0.1, -0.05) is 52.3 Å². The van der Waals surface area contributed by atoms with Gasteiger partial charge in [-0.2, -0.15) is 0 Å². The molecular formula is C21H33ClN4O. The number of hydrogen-bond acceptors (Lipinski definition) is 5. The third kappa shape index (κ3) is 4.52. The first-order valence-corrected chi connectivity index (χ1v) is 10.3. The van der Waals surface area contributed by atoms with Gasteiger partial charge >= 0.3 is 0 Å². The molecule has 1 aliphatic heterocycles. The summed E-state index contributed by atoms with van der Waals surface area (Å²) in [5.41, 5.74) is 2.09. The highest BCUT2D eigenvalue weighted by Gasteiger charge is 2.40. The zero-order valence-corrected chi connectivity index (χ0v) is 18.4. The van der Waals surface area contributed by atoms with Gasteiger partial charge in [0.2, 0.25) is 0 Å². The Balaban J connectivity index is 2.47. The average Bonchev–Trinajstić information content (AvgIpc) is 2.66. The molecule has 0 amide bonds. The summed E-state index contributed by atoms with van der Waals surface area (Å²) in [7, 11) is 1.68. The molecule has 0 spiro atoms. The standard InChI is InChI=1S/C21H33ClN4O/c1-8-14(9-2)23-19-15(10-3)24-17(18(22)26-19)21(6)12-11-16(13(4)5)25-20(21)27-7/h11-14,20H,8-10H2,1-7H3,(H,23,26). The number of methoxy groups -OCH3 is 1. The molecule has 0 saturated carbocycles. The van der Waals surface area contributed by atoms with Crippen LogP contribution in [0.3, 0.4) is 0 Å². The first kappa shape index (κ1) is 21.8. The maximum absolute atomic E-state index is 6.62. The SMILES string of the molecule is CCc1nc(C2(C)C=CC(C(C)C)=NC2OC)c(Cl)nc1NC(CC)CC. The van der Waals surface area contributed by atoms with E-state index in [4.69, 9.17) is 26.3 Å². The molecule has 1 aromatic rings. The van der Waals surface area contributed by atoms with Crippen molar-refractivity contribution in [3.63, 3.8) is 0 Å². The number of rotatable bonds is 8. The zero-order chi connectivity index (χ0) is 20.2. The fourth-order valence-corrected chi connectivity index (χ4v) is 3.66. The smallest absolute Gasteiger partial charge is 0.162 e. The number of aromatic nitrogens is 2. The number of aliphatic imine (C=N–C) groups is 1. The summed E-state index contributed by atoms with van der Waals surface area (Å²) >= 11 is 6.62. The second-order valence-electron chi connectivity index (χ2n) is 7.58. The molecule has 2 atom stereocenters. The van der Waals surface area contributed by atoms with Crippen LogP contribution >= 0.6 is 11.6 Å². The van der Waals surface area contributed by atoms with Crippen LogP contribution in [0.1, 0.15) is 65.8 Å². The molecule has 2 rings (SSSR count). The van der Waals surface area contributed by atoms with Crippen molar-refractivity contribution < 1.29 is 4.74 Å². The number of hydrogen-bond donors (Lipinski definition) is 1. The van der Waals surface area contributed by atoms with Crippen LogP contribution in [-0.2, 0) is 16.6 Å². The van der Waals surface area contributed by atoms with Crippen LogP contribution in [0.2, 0.25) is 5.15 Å². The van der Waals surface area contributed by atoms with Gasteiger partial charge in [0, 0.05) is 18.9 Å². The minimum absolute atomic E-state index is 0.336. The fraction of sp³-hybridized carbons (Fsp3) is 0.667. The van der Waals surface area contributed by atoms with Crippen LogP contribution in [0.4, 0.5) is 5.82 Å². The third-order valence-electron chi connectivity index (χ3n) is 5.29. The lowest BCUT2D eigenvalue weighted by Crippen LogP contribution is -2.40. The third-order valence-corrected chi connectivity index (χ3v) is 5.56. The maximum atomic E-state index is 6.62. The summed E-state index contributed by atoms with van der Waals surface area (Å²) in [6.07, 6.45) is 6.61. The van der Waals surface area contributed by atoms with Crippen molar-refractivity contribution in [3.05, 3.63) is 28.7 Å². The lowest BCUT2D eigenvalue weighted by molar-refractivity contribution is 0.0612. The number of ether oxygens (including phenoxy) is 1. The van der Waals surface area contributed by atoms with E-state index in [0.717, 1.165) is 36.5 Å². The van der Waals surface area contributed by atoms with Crippen LogP contribution in [0, 0.1) is 5.92 Å². The molecule has 2 heterocycles. The molecule has 1 N–H and O–H groups in total. The number of nitrogens with one attached hydrogen (secondary N) is 1. The van der Waals surface area contributed by atoms with Crippen LogP contribution in [-0.4, -0.2) is 35.1 Å². The topological polar surface area (TPSA) is 59.4 Å². The minimum Gasteiger partial charge on any atom is -0.366 e. The van der Waals surface area contributed by atoms with Gasteiger partial charge in [0.25, 0.3) is 0 Å². The normalized spacial score (nSPS) is 22.4. The highest BCUT2D eigenvalue weighted by Crippen LogP contribution is 2.38. The number of aryl methyl sites for hydroxylation is 1. The van der Waals surface area contributed by atoms with Crippen molar-refractivity contribution in [1.82, 2.24) is 9.97 Å². The molecule has 0 aliphatic carbocycles. The number of dihydropyridines is 1. The largest absolute Gasteiger partial charge is 0.366 e. The average molecular weight is 393 g/mol. The van der Waals surface area contributed by atoms with Gasteiger partial charge in [-0.25, -0.2) is 9.97 Å². The first-order valence-electron chi connectivity index (χ1n) is 9.93. The van der Waals surface area contributed by atoms with Gasteiger partial charge in [-0.3, -0.25) is 4.99 Å². The second kappa shape index (κ2) is 9.16. The summed E-state index contributed by atoms with van der Waals surface area (Å²) in [5.74, 6) is 1.12. The Morgan fingerprint density at radius 2 is 1.89 bits per heavy atom. The van der Waals surface area contributed by atoms with Crippen molar-refractivity contribution in [2.75, 3.05) is 12.4 Å². The first-order chi connectivity index (χ1) is 12.8. The summed E-state index contributed by atoms with van der Waals surface area (Å²) in [5, 5.41) is 3.89. The van der Waals surface area contributed by atoms with E-state index >= 15 is 0 Å². The molecule has 1 aromatic heterocycles. The van der Waals surface area contributed by atoms with E-state index in [2.05, 4.69) is 64.0 Å². The predicted molar refractivity (Wildman–Crippen MR) is 114 cm³/mol. The van der Waals surface area contributed by atoms with E-state index in [1.165, 1.54) is 0 Å². The van der Waals surface area contributed by atoms with Crippen LogP contribution < -0.4 is 5.32 Å². The van der Waals surface area contributed by atoms with E-state index in [1.807, 2.05) is 0 Å². The summed E-state index contributed by atoms with van der Waals surface area (Å²) < 4.78 is 5.72. The molecule has 2 unspecified atom stereocenters. The van der Waals surface area contributed by atoms with E-state index < -0.39 is 5.41 Å². The van der Waals surface area contributed by atoms with Crippen molar-refractivity contribution in [2.24, 2.45) is 10.9 Å². The van der Waals surface area contributed by atoms with E-state index in [0.29, 0.717) is 22.8 Å². The monoisotopic (exact) mass is 392 g/mol. The van der Waals surface area contributed by atoms with E-state index in [9.17, 15) is 0 Å². The van der Waals surface area contributed by atoms with Crippen molar-refractivity contribution >= 4 is 23.1 Å². The summed E-state index contributed by atoms with van der Waals surface area (Å²) in [4.78, 5) is 14.4. The summed E-state index contributed by atoms with van der Waals surface area (Å²) in [6, 6.07) is 0.363. The van der Waals surface area contributed by atoms with Crippen LogP contribution in [0.15, 0.2) is 17.1 Å². The molecule has 0 fully saturated rings. The van der Waals surface area contributed by atoms with Crippen molar-refractivity contribution in [2.45, 2.75) is 78.5 Å². The van der Waals surface area contributed by atoms with Gasteiger partial charge in [0.05, 0.1) is 16.8 Å². The van der Waals surface area contributed by atoms with Crippen LogP contribution in [0.5, 0.6) is 0 Å². The summed E-state index contributed by atoms with van der Waals surface area (Å²) in [6.45, 7) is 12.7. The Hall–Kier alpha value is -1.46. The fourth-order valence-electron chi connectivity index (χ4n) is 3.33. The number of nitrogens with zero attached hydrogens (tertiary/aromatic N) is 3. The Morgan fingerprint density at radius 1 is 1.22 bits per heavy atom. The molecule has 0 saturated heterocycles. The molecule has 1 aliphatic rings. The molecule has 150 valence electrons. The molecule has 0 bridgehead atoms. The molecule has 6 heteroatoms. The van der Waals surface area contributed by atoms with E-state index in [-0.39, 0.29) is 6.23 Å². The highest BCUT2D eigenvalue weighted by atomic mass is 35.5. The number of allylic oxidation sites excluding steroid dienone is 1. The molecule has 5 nitrogen and oxygen atoms in total. The Morgan fingerprint density at radius 3 is 2.41 bits per heavy atom. The van der Waals surface area contributed by atoms with Gasteiger partial charge in [0.15, 0.2) is 11.4 Å². The molecular weight excluding hydrogens is 360 g/mol. The van der Waals surface area contributed by atoms with Gasteiger partial charge in [-0.15, -0.1) is 0 Å². The number of anilines is 1. The minimum atomic E-state index is -0.561. The number of halogens is 1. The zero-order valence-electron chi connectivity index (χ0n) is 17.6. The lowest BCUT2D eigenvalue weighted by Gasteiger charge is -2.35. The van der Waals surface area contributed by atoms with Gasteiger partial charge in [-0.05, 0) is 38.2 Å². The Bertz CT molecular complexity index is 712. The molecule has 0 radical (unpaired) electrons. The Kier molecular flexibility index (Phi) is 7.40. The second-order valence-corrected chi connectivity index (χ2v) is 7.94. The quantitative estimate of drug-likeness (QED) is 0.661. The highest BCUT2D eigenvalue weighted by molar-refractivity contribution is 6.30. The Labute approximate surface area is 168 Å². The van der Waals surface area contributed by atoms with Gasteiger partial charge in [0.1, 0.15) is 5.82 Å². The predicted octanol–water partition coefficient (Wildman–Crippen LogP) is 5.19. The lowest BCUT2D eigenvalue weighted by atomic mass is 9.81. The van der Waals surface area contributed by atoms with Crippen molar-refractivity contribution in [3.8, 4) is 0 Å².